The van der Waals surface area contributed by atoms with E-state index in [4.69, 9.17) is 5.73 Å². The molecule has 19 heavy (non-hydrogen) atoms. The fourth-order valence-electron chi connectivity index (χ4n) is 1.58. The summed E-state index contributed by atoms with van der Waals surface area (Å²) in [6.07, 6.45) is 0.329. The molecule has 1 aromatic rings. The van der Waals surface area contributed by atoms with Gasteiger partial charge in [0.05, 0.1) is 0 Å². The summed E-state index contributed by atoms with van der Waals surface area (Å²) >= 11 is 3.42. The number of hydrogen-bond donors (Lipinski definition) is 3. The molecular weight excluding hydrogens is 280 g/mol. The highest BCUT2D eigenvalue weighted by Crippen LogP contribution is 2.08. The Bertz CT molecular complexity index is 358. The van der Waals surface area contributed by atoms with Crippen LogP contribution in [0.3, 0.4) is 0 Å². The lowest BCUT2D eigenvalue weighted by Gasteiger charge is -2.18. The van der Waals surface area contributed by atoms with Crippen molar-refractivity contribution >= 4 is 29.0 Å². The summed E-state index contributed by atoms with van der Waals surface area (Å²) in [4.78, 5) is 12.9. The fourth-order valence-corrected chi connectivity index (χ4v) is 3.02. The molecular formula is C13H22N2O2S2. The van der Waals surface area contributed by atoms with Crippen molar-refractivity contribution in [2.24, 2.45) is 5.73 Å². The van der Waals surface area contributed by atoms with Crippen LogP contribution < -0.4 is 11.1 Å². The number of aliphatic hydroxyl groups is 1. The molecule has 0 fully saturated rings. The third-order valence-electron chi connectivity index (χ3n) is 2.72. The second-order valence-electron chi connectivity index (χ2n) is 4.21. The van der Waals surface area contributed by atoms with Crippen LogP contribution in [0.25, 0.3) is 0 Å². The van der Waals surface area contributed by atoms with Gasteiger partial charge in [-0.15, -0.1) is 11.3 Å². The summed E-state index contributed by atoms with van der Waals surface area (Å²) in [5, 5.41) is 14.5. The van der Waals surface area contributed by atoms with Gasteiger partial charge < -0.3 is 16.2 Å². The Kier molecular flexibility index (Phi) is 8.13. The largest absolute Gasteiger partial charge is 0.382 e. The van der Waals surface area contributed by atoms with Gasteiger partial charge in [-0.25, -0.2) is 0 Å². The molecule has 0 spiro atoms. The van der Waals surface area contributed by atoms with Crippen molar-refractivity contribution in [2.75, 3.05) is 18.1 Å². The van der Waals surface area contributed by atoms with E-state index in [2.05, 4.69) is 12.2 Å². The standard InChI is InChI=1S/C13H22N2O2S2/c1-2-18-9-6-11(14)12(16)13(17)15-7-5-10-4-3-8-19-10/h3-4,8,11-12,16H,2,5-7,9,14H2,1H3,(H,15,17). The third-order valence-corrected chi connectivity index (χ3v) is 4.59. The molecule has 108 valence electrons. The number of carbonyl (C=O) groups excluding carboxylic acids is 1. The molecule has 1 heterocycles. The lowest BCUT2D eigenvalue weighted by atomic mass is 10.1. The predicted molar refractivity (Wildman–Crippen MR) is 82.6 cm³/mol. The average Bonchev–Trinajstić information content (AvgIpc) is 2.91. The van der Waals surface area contributed by atoms with Crippen molar-refractivity contribution in [1.29, 1.82) is 0 Å². The number of hydrogen-bond acceptors (Lipinski definition) is 5. The highest BCUT2D eigenvalue weighted by molar-refractivity contribution is 7.99. The van der Waals surface area contributed by atoms with E-state index < -0.39 is 12.1 Å². The first-order valence-electron chi connectivity index (χ1n) is 6.46. The SMILES string of the molecule is CCSCCC(N)C(O)C(=O)NCCc1cccs1. The maximum Gasteiger partial charge on any atom is 0.250 e. The van der Waals surface area contributed by atoms with Gasteiger partial charge in [0.15, 0.2) is 0 Å². The summed E-state index contributed by atoms with van der Waals surface area (Å²) in [6, 6.07) is 3.53. The van der Waals surface area contributed by atoms with E-state index in [-0.39, 0.29) is 5.91 Å². The Balaban J connectivity index is 2.20. The first-order valence-corrected chi connectivity index (χ1v) is 8.50. The zero-order valence-corrected chi connectivity index (χ0v) is 12.8. The van der Waals surface area contributed by atoms with Crippen molar-refractivity contribution in [2.45, 2.75) is 31.9 Å². The Morgan fingerprint density at radius 3 is 3.05 bits per heavy atom. The second-order valence-corrected chi connectivity index (χ2v) is 6.64. The lowest BCUT2D eigenvalue weighted by molar-refractivity contribution is -0.130. The topological polar surface area (TPSA) is 75.3 Å². The van der Waals surface area contributed by atoms with Crippen molar-refractivity contribution in [3.8, 4) is 0 Å². The molecule has 1 amide bonds. The molecule has 0 bridgehead atoms. The summed E-state index contributed by atoms with van der Waals surface area (Å²) in [5.74, 6) is 1.53. The average molecular weight is 302 g/mol. The quantitative estimate of drug-likeness (QED) is 0.600. The maximum absolute atomic E-state index is 11.7. The highest BCUT2D eigenvalue weighted by Gasteiger charge is 2.21. The van der Waals surface area contributed by atoms with Crippen molar-refractivity contribution in [1.82, 2.24) is 5.32 Å². The van der Waals surface area contributed by atoms with Gasteiger partial charge in [-0.2, -0.15) is 11.8 Å². The predicted octanol–water partition coefficient (Wildman–Crippen LogP) is 1.24. The van der Waals surface area contributed by atoms with E-state index in [9.17, 15) is 9.90 Å². The van der Waals surface area contributed by atoms with Crippen LogP contribution in [0.1, 0.15) is 18.2 Å². The third kappa shape index (κ3) is 6.42. The number of thioether (sulfide) groups is 1. The van der Waals surface area contributed by atoms with Crippen LogP contribution in [0, 0.1) is 0 Å². The molecule has 0 saturated heterocycles. The minimum absolute atomic E-state index is 0.370. The highest BCUT2D eigenvalue weighted by atomic mass is 32.2. The second kappa shape index (κ2) is 9.36. The Hall–Kier alpha value is -0.560. The van der Waals surface area contributed by atoms with Crippen LogP contribution in [-0.2, 0) is 11.2 Å². The molecule has 0 saturated carbocycles. The number of rotatable bonds is 9. The summed E-state index contributed by atoms with van der Waals surface area (Å²) in [7, 11) is 0. The normalized spacial score (nSPS) is 14.1. The van der Waals surface area contributed by atoms with Gasteiger partial charge >= 0.3 is 0 Å². The van der Waals surface area contributed by atoms with Crippen LogP contribution in [0.15, 0.2) is 17.5 Å². The van der Waals surface area contributed by atoms with E-state index in [1.54, 1.807) is 23.1 Å². The zero-order valence-electron chi connectivity index (χ0n) is 11.2. The fraction of sp³-hybridized carbons (Fsp3) is 0.615. The van der Waals surface area contributed by atoms with Gasteiger partial charge in [0.1, 0.15) is 6.10 Å². The van der Waals surface area contributed by atoms with Gasteiger partial charge in [0.2, 0.25) is 5.91 Å². The summed E-state index contributed by atoms with van der Waals surface area (Å²) in [6.45, 7) is 2.61. The first-order chi connectivity index (χ1) is 9.15. The Morgan fingerprint density at radius 2 is 2.42 bits per heavy atom. The summed E-state index contributed by atoms with van der Waals surface area (Å²) in [5.41, 5.74) is 5.80. The molecule has 1 rings (SSSR count). The number of nitrogens with one attached hydrogen (secondary N) is 1. The maximum atomic E-state index is 11.7. The zero-order chi connectivity index (χ0) is 14.1. The van der Waals surface area contributed by atoms with Gasteiger partial charge in [0.25, 0.3) is 0 Å². The molecule has 6 heteroatoms. The molecule has 0 radical (unpaired) electrons. The lowest BCUT2D eigenvalue weighted by Crippen LogP contribution is -2.47. The Labute approximate surface area is 122 Å². The molecule has 0 aliphatic heterocycles. The molecule has 1 aromatic heterocycles. The van der Waals surface area contributed by atoms with Crippen LogP contribution in [0.5, 0.6) is 0 Å². The number of thiophene rings is 1. The van der Waals surface area contributed by atoms with Gasteiger partial charge in [-0.1, -0.05) is 13.0 Å². The number of aliphatic hydroxyl groups excluding tert-OH is 1. The van der Waals surface area contributed by atoms with Gasteiger partial charge in [-0.05, 0) is 35.8 Å². The molecule has 0 aliphatic carbocycles. The van der Waals surface area contributed by atoms with Crippen LogP contribution >= 0.6 is 23.1 Å². The van der Waals surface area contributed by atoms with Crippen LogP contribution in [-0.4, -0.2) is 41.2 Å². The molecule has 0 aliphatic rings. The molecule has 4 N–H and O–H groups in total. The van der Waals surface area contributed by atoms with E-state index in [1.165, 1.54) is 4.88 Å². The van der Waals surface area contributed by atoms with Crippen LogP contribution in [0.4, 0.5) is 0 Å². The molecule has 4 nitrogen and oxygen atoms in total. The van der Waals surface area contributed by atoms with Gasteiger partial charge in [-0.3, -0.25) is 4.79 Å². The minimum Gasteiger partial charge on any atom is -0.382 e. The molecule has 2 atom stereocenters. The van der Waals surface area contributed by atoms with Crippen molar-refractivity contribution < 1.29 is 9.90 Å². The van der Waals surface area contributed by atoms with Crippen LogP contribution in [0.2, 0.25) is 0 Å². The van der Waals surface area contributed by atoms with Crippen molar-refractivity contribution in [3.63, 3.8) is 0 Å². The van der Waals surface area contributed by atoms with E-state index >= 15 is 0 Å². The monoisotopic (exact) mass is 302 g/mol. The van der Waals surface area contributed by atoms with Crippen molar-refractivity contribution in [3.05, 3.63) is 22.4 Å². The molecule has 2 unspecified atom stereocenters. The van der Waals surface area contributed by atoms with E-state index in [0.717, 1.165) is 17.9 Å². The number of amides is 1. The van der Waals surface area contributed by atoms with Gasteiger partial charge in [0, 0.05) is 17.5 Å². The Morgan fingerprint density at radius 1 is 1.63 bits per heavy atom. The minimum atomic E-state index is -1.11. The van der Waals surface area contributed by atoms with E-state index in [0.29, 0.717) is 13.0 Å². The molecule has 0 aromatic carbocycles. The summed E-state index contributed by atoms with van der Waals surface area (Å²) < 4.78 is 0. The number of carbonyl (C=O) groups is 1. The smallest absolute Gasteiger partial charge is 0.250 e. The number of nitrogens with two attached hydrogens (primary N) is 1. The first kappa shape index (κ1) is 16.5. The van der Waals surface area contributed by atoms with E-state index in [1.807, 2.05) is 17.5 Å².